The molecule has 0 unspecified atom stereocenters. The third-order valence-electron chi connectivity index (χ3n) is 5.97. The molecule has 0 aliphatic heterocycles. The van der Waals surface area contributed by atoms with Crippen LogP contribution in [0.25, 0.3) is 0 Å². The highest BCUT2D eigenvalue weighted by Gasteiger charge is 2.30. The molecular weight excluding hydrogens is 436 g/mol. The van der Waals surface area contributed by atoms with Gasteiger partial charge in [0.25, 0.3) is 0 Å². The van der Waals surface area contributed by atoms with E-state index in [4.69, 9.17) is 4.74 Å². The molecule has 0 aromatic heterocycles. The second-order valence-corrected chi connectivity index (χ2v) is 8.71. The number of nitrogens with zero attached hydrogens (tertiary/aromatic N) is 1. The molecule has 5 nitrogen and oxygen atoms in total. The molecule has 0 aliphatic rings. The summed E-state index contributed by atoms with van der Waals surface area (Å²) in [5.41, 5.74) is 3.17. The van der Waals surface area contributed by atoms with Crippen LogP contribution in [0.4, 0.5) is 0 Å². The maximum atomic E-state index is 13.6. The van der Waals surface area contributed by atoms with Crippen LogP contribution in [0.1, 0.15) is 42.9 Å². The number of ether oxygens (including phenoxy) is 1. The maximum absolute atomic E-state index is 13.6. The molecule has 3 aromatic carbocycles. The Balaban J connectivity index is 1.79. The zero-order valence-electron chi connectivity index (χ0n) is 20.8. The van der Waals surface area contributed by atoms with E-state index in [1.54, 1.807) is 4.90 Å². The van der Waals surface area contributed by atoms with Crippen LogP contribution in [0.15, 0.2) is 84.9 Å². The van der Waals surface area contributed by atoms with Crippen molar-refractivity contribution >= 4 is 11.8 Å². The van der Waals surface area contributed by atoms with Gasteiger partial charge >= 0.3 is 0 Å². The molecule has 0 fully saturated rings. The van der Waals surface area contributed by atoms with Crippen molar-refractivity contribution in [1.29, 1.82) is 0 Å². The number of hydrogen-bond donors (Lipinski definition) is 1. The lowest BCUT2D eigenvalue weighted by Crippen LogP contribution is -2.50. The minimum absolute atomic E-state index is 0.0440. The van der Waals surface area contributed by atoms with Gasteiger partial charge in [0.2, 0.25) is 11.8 Å². The first-order valence-corrected chi connectivity index (χ1v) is 12.4. The number of nitrogens with one attached hydrogen (secondary N) is 1. The van der Waals surface area contributed by atoms with Crippen LogP contribution in [-0.4, -0.2) is 35.9 Å². The molecule has 2 amide bonds. The van der Waals surface area contributed by atoms with E-state index in [-0.39, 0.29) is 11.8 Å². The normalized spacial score (nSPS) is 11.5. The fraction of sp³-hybridized carbons (Fsp3) is 0.333. The average molecular weight is 473 g/mol. The summed E-state index contributed by atoms with van der Waals surface area (Å²) in [5, 5.41) is 3.02. The molecule has 1 atom stereocenters. The fourth-order valence-electron chi connectivity index (χ4n) is 3.96. The van der Waals surface area contributed by atoms with Gasteiger partial charge in [0, 0.05) is 25.9 Å². The number of amides is 2. The van der Waals surface area contributed by atoms with Crippen molar-refractivity contribution in [3.8, 4) is 5.75 Å². The SMILES string of the molecule is CCCNC(=O)[C@@H](Cc1ccccc1)N(Cc1ccccc1C)C(=O)CCCOc1ccccc1. The molecule has 0 saturated carbocycles. The lowest BCUT2D eigenvalue weighted by molar-refractivity contribution is -0.141. The highest BCUT2D eigenvalue weighted by atomic mass is 16.5. The summed E-state index contributed by atoms with van der Waals surface area (Å²) in [6.45, 7) is 5.48. The Morgan fingerprint density at radius 3 is 2.26 bits per heavy atom. The van der Waals surface area contributed by atoms with E-state index in [1.807, 2.05) is 98.8 Å². The number of rotatable bonds is 13. The molecule has 0 spiro atoms. The standard InChI is InChI=1S/C30H36N2O3/c1-3-20-31-30(34)28(22-25-14-6-4-7-15-25)32(23-26-16-11-10-13-24(26)2)29(33)19-12-21-35-27-17-8-5-9-18-27/h4-11,13-18,28H,3,12,19-23H2,1-2H3,(H,31,34)/t28-/m1/s1. The first-order chi connectivity index (χ1) is 17.1. The van der Waals surface area contributed by atoms with Crippen LogP contribution < -0.4 is 10.1 Å². The Labute approximate surface area is 209 Å². The second-order valence-electron chi connectivity index (χ2n) is 8.71. The molecule has 1 N–H and O–H groups in total. The molecule has 0 radical (unpaired) electrons. The highest BCUT2D eigenvalue weighted by molar-refractivity contribution is 5.88. The van der Waals surface area contributed by atoms with Gasteiger partial charge in [0.1, 0.15) is 11.8 Å². The molecule has 0 bridgehead atoms. The molecule has 3 rings (SSSR count). The summed E-state index contributed by atoms with van der Waals surface area (Å²) in [6.07, 6.45) is 2.19. The molecule has 0 saturated heterocycles. The number of aryl methyl sites for hydroxylation is 1. The van der Waals surface area contributed by atoms with E-state index in [0.29, 0.717) is 39.0 Å². The Bertz CT molecular complexity index is 1050. The van der Waals surface area contributed by atoms with Gasteiger partial charge in [-0.15, -0.1) is 0 Å². The average Bonchev–Trinajstić information content (AvgIpc) is 2.89. The van der Waals surface area contributed by atoms with Gasteiger partial charge in [-0.25, -0.2) is 0 Å². The van der Waals surface area contributed by atoms with Crippen molar-refractivity contribution in [2.45, 2.75) is 52.1 Å². The van der Waals surface area contributed by atoms with Gasteiger partial charge < -0.3 is 15.0 Å². The lowest BCUT2D eigenvalue weighted by atomic mass is 10.0. The van der Waals surface area contributed by atoms with E-state index < -0.39 is 6.04 Å². The topological polar surface area (TPSA) is 58.6 Å². The van der Waals surface area contributed by atoms with E-state index in [0.717, 1.165) is 28.9 Å². The monoisotopic (exact) mass is 472 g/mol. The van der Waals surface area contributed by atoms with Crippen molar-refractivity contribution in [3.05, 3.63) is 102 Å². The number of carbonyl (C=O) groups is 2. The van der Waals surface area contributed by atoms with Gasteiger partial charge in [-0.3, -0.25) is 9.59 Å². The minimum Gasteiger partial charge on any atom is -0.494 e. The van der Waals surface area contributed by atoms with E-state index in [9.17, 15) is 9.59 Å². The van der Waals surface area contributed by atoms with Gasteiger partial charge in [-0.05, 0) is 48.6 Å². The Kier molecular flexibility index (Phi) is 10.4. The predicted molar refractivity (Wildman–Crippen MR) is 140 cm³/mol. The predicted octanol–water partition coefficient (Wildman–Crippen LogP) is 5.32. The largest absolute Gasteiger partial charge is 0.494 e. The summed E-state index contributed by atoms with van der Waals surface area (Å²) in [5.74, 6) is 0.633. The fourth-order valence-corrected chi connectivity index (χ4v) is 3.96. The molecule has 0 heterocycles. The van der Waals surface area contributed by atoms with Crippen LogP contribution in [-0.2, 0) is 22.6 Å². The zero-order valence-corrected chi connectivity index (χ0v) is 20.8. The Morgan fingerprint density at radius 1 is 0.914 bits per heavy atom. The summed E-state index contributed by atoms with van der Waals surface area (Å²) in [4.78, 5) is 28.6. The van der Waals surface area contributed by atoms with Crippen molar-refractivity contribution in [1.82, 2.24) is 10.2 Å². The first-order valence-electron chi connectivity index (χ1n) is 12.4. The third kappa shape index (κ3) is 8.29. The van der Waals surface area contributed by atoms with Crippen LogP contribution in [0.5, 0.6) is 5.75 Å². The lowest BCUT2D eigenvalue weighted by Gasteiger charge is -2.32. The number of hydrogen-bond acceptors (Lipinski definition) is 3. The molecule has 184 valence electrons. The van der Waals surface area contributed by atoms with E-state index in [1.165, 1.54) is 0 Å². The summed E-state index contributed by atoms with van der Waals surface area (Å²) in [7, 11) is 0. The molecular formula is C30H36N2O3. The Morgan fingerprint density at radius 2 is 1.57 bits per heavy atom. The van der Waals surface area contributed by atoms with Gasteiger partial charge in [-0.1, -0.05) is 79.7 Å². The van der Waals surface area contributed by atoms with Crippen molar-refractivity contribution in [3.63, 3.8) is 0 Å². The van der Waals surface area contributed by atoms with Crippen molar-refractivity contribution < 1.29 is 14.3 Å². The van der Waals surface area contributed by atoms with E-state index >= 15 is 0 Å². The van der Waals surface area contributed by atoms with Crippen molar-refractivity contribution in [2.75, 3.05) is 13.2 Å². The van der Waals surface area contributed by atoms with Crippen LogP contribution in [0, 0.1) is 6.92 Å². The zero-order chi connectivity index (χ0) is 24.9. The first kappa shape index (κ1) is 26.0. The third-order valence-corrected chi connectivity index (χ3v) is 5.97. The smallest absolute Gasteiger partial charge is 0.243 e. The van der Waals surface area contributed by atoms with E-state index in [2.05, 4.69) is 5.32 Å². The molecule has 0 aliphatic carbocycles. The van der Waals surface area contributed by atoms with Crippen LogP contribution in [0.2, 0.25) is 0 Å². The summed E-state index contributed by atoms with van der Waals surface area (Å²) < 4.78 is 5.78. The summed E-state index contributed by atoms with van der Waals surface area (Å²) in [6, 6.07) is 26.9. The second kappa shape index (κ2) is 14.0. The maximum Gasteiger partial charge on any atom is 0.243 e. The molecule has 35 heavy (non-hydrogen) atoms. The van der Waals surface area contributed by atoms with Crippen LogP contribution >= 0.6 is 0 Å². The van der Waals surface area contributed by atoms with Gasteiger partial charge in [0.15, 0.2) is 0 Å². The quantitative estimate of drug-likeness (QED) is 0.343. The number of benzene rings is 3. The van der Waals surface area contributed by atoms with Crippen LogP contribution in [0.3, 0.4) is 0 Å². The number of carbonyl (C=O) groups excluding carboxylic acids is 2. The minimum atomic E-state index is -0.592. The molecule has 5 heteroatoms. The van der Waals surface area contributed by atoms with Gasteiger partial charge in [0.05, 0.1) is 6.61 Å². The Hall–Kier alpha value is -3.60. The highest BCUT2D eigenvalue weighted by Crippen LogP contribution is 2.18. The van der Waals surface area contributed by atoms with Gasteiger partial charge in [-0.2, -0.15) is 0 Å². The summed E-state index contributed by atoms with van der Waals surface area (Å²) >= 11 is 0. The van der Waals surface area contributed by atoms with Crippen molar-refractivity contribution in [2.24, 2.45) is 0 Å². The molecule has 3 aromatic rings. The number of para-hydroxylation sites is 1.